The molecular formula is C15H23N3. The van der Waals surface area contributed by atoms with Crippen LogP contribution in [0.4, 0.5) is 5.69 Å². The number of rotatable bonds is 1. The average molecular weight is 245 g/mol. The first-order valence-corrected chi connectivity index (χ1v) is 6.91. The Labute approximate surface area is 110 Å². The van der Waals surface area contributed by atoms with Crippen molar-refractivity contribution in [1.29, 1.82) is 0 Å². The molecule has 1 atom stereocenters. The van der Waals surface area contributed by atoms with E-state index in [9.17, 15) is 0 Å². The molecule has 3 heteroatoms. The number of fused-ring (bicyclic) bond motifs is 1. The van der Waals surface area contributed by atoms with Gasteiger partial charge in [-0.3, -0.25) is 0 Å². The standard InChI is InChI=1S/C15H23N3/c1-17-5-3-11(9-17)15-8-13(16)7-12-10-18(2)6-4-14(12)15/h7-8,11H,3-6,9-10,16H2,1-2H3. The molecule has 98 valence electrons. The largest absolute Gasteiger partial charge is 0.399 e. The Kier molecular flexibility index (Phi) is 3.04. The van der Waals surface area contributed by atoms with Crippen LogP contribution < -0.4 is 5.73 Å². The maximum atomic E-state index is 6.10. The molecule has 0 radical (unpaired) electrons. The molecule has 3 rings (SSSR count). The summed E-state index contributed by atoms with van der Waals surface area (Å²) in [7, 11) is 4.40. The van der Waals surface area contributed by atoms with E-state index in [1.807, 2.05) is 0 Å². The van der Waals surface area contributed by atoms with Crippen LogP contribution in [-0.2, 0) is 13.0 Å². The fourth-order valence-corrected chi connectivity index (χ4v) is 3.45. The lowest BCUT2D eigenvalue weighted by Crippen LogP contribution is -2.28. The third-order valence-corrected chi connectivity index (χ3v) is 4.41. The van der Waals surface area contributed by atoms with Gasteiger partial charge >= 0.3 is 0 Å². The van der Waals surface area contributed by atoms with Crippen molar-refractivity contribution in [2.45, 2.75) is 25.3 Å². The second-order valence-electron chi connectivity index (χ2n) is 5.98. The fourth-order valence-electron chi connectivity index (χ4n) is 3.45. The first-order valence-electron chi connectivity index (χ1n) is 6.91. The van der Waals surface area contributed by atoms with Crippen molar-refractivity contribution >= 4 is 5.69 Å². The number of nitrogen functional groups attached to an aromatic ring is 1. The molecular weight excluding hydrogens is 222 g/mol. The summed E-state index contributed by atoms with van der Waals surface area (Å²) in [6.07, 6.45) is 2.46. The molecule has 1 unspecified atom stereocenters. The molecule has 2 heterocycles. The lowest BCUT2D eigenvalue weighted by molar-refractivity contribution is 0.311. The van der Waals surface area contributed by atoms with Gasteiger partial charge in [-0.05, 0) is 68.2 Å². The highest BCUT2D eigenvalue weighted by Crippen LogP contribution is 2.34. The number of hydrogen-bond acceptors (Lipinski definition) is 3. The van der Waals surface area contributed by atoms with Gasteiger partial charge in [0.1, 0.15) is 0 Å². The van der Waals surface area contributed by atoms with Crippen molar-refractivity contribution in [2.24, 2.45) is 0 Å². The summed E-state index contributed by atoms with van der Waals surface area (Å²) in [4.78, 5) is 4.81. The molecule has 1 aromatic carbocycles. The van der Waals surface area contributed by atoms with E-state index >= 15 is 0 Å². The maximum Gasteiger partial charge on any atom is 0.0320 e. The van der Waals surface area contributed by atoms with Gasteiger partial charge in [-0.25, -0.2) is 0 Å². The molecule has 0 aliphatic carbocycles. The van der Waals surface area contributed by atoms with Crippen LogP contribution in [0.1, 0.15) is 29.0 Å². The molecule has 3 nitrogen and oxygen atoms in total. The van der Waals surface area contributed by atoms with Crippen LogP contribution in [0.2, 0.25) is 0 Å². The molecule has 2 aliphatic rings. The van der Waals surface area contributed by atoms with Crippen molar-refractivity contribution in [3.05, 3.63) is 28.8 Å². The van der Waals surface area contributed by atoms with E-state index < -0.39 is 0 Å². The summed E-state index contributed by atoms with van der Waals surface area (Å²) in [5.74, 6) is 0.690. The van der Waals surface area contributed by atoms with E-state index in [-0.39, 0.29) is 0 Å². The Bertz CT molecular complexity index is 455. The predicted octanol–water partition coefficient (Wildman–Crippen LogP) is 1.68. The first kappa shape index (κ1) is 12.0. The number of nitrogens with zero attached hydrogens (tertiary/aromatic N) is 2. The highest BCUT2D eigenvalue weighted by molar-refractivity contribution is 5.52. The average Bonchev–Trinajstić information content (AvgIpc) is 2.74. The normalized spacial score (nSPS) is 25.3. The van der Waals surface area contributed by atoms with Crippen LogP contribution in [-0.4, -0.2) is 43.5 Å². The Hall–Kier alpha value is -1.06. The van der Waals surface area contributed by atoms with E-state index in [1.165, 1.54) is 43.6 Å². The molecule has 0 aromatic heterocycles. The third-order valence-electron chi connectivity index (χ3n) is 4.41. The minimum atomic E-state index is 0.690. The van der Waals surface area contributed by atoms with Crippen molar-refractivity contribution in [1.82, 2.24) is 9.80 Å². The summed E-state index contributed by atoms with van der Waals surface area (Å²) >= 11 is 0. The molecule has 1 aromatic rings. The molecule has 0 amide bonds. The minimum Gasteiger partial charge on any atom is -0.399 e. The van der Waals surface area contributed by atoms with E-state index in [4.69, 9.17) is 5.73 Å². The maximum absolute atomic E-state index is 6.10. The molecule has 2 aliphatic heterocycles. The van der Waals surface area contributed by atoms with Gasteiger partial charge in [0.25, 0.3) is 0 Å². The van der Waals surface area contributed by atoms with Crippen molar-refractivity contribution < 1.29 is 0 Å². The van der Waals surface area contributed by atoms with Gasteiger partial charge in [0, 0.05) is 25.3 Å². The summed E-state index contributed by atoms with van der Waals surface area (Å²) < 4.78 is 0. The Morgan fingerprint density at radius 2 is 2.00 bits per heavy atom. The number of likely N-dealkylation sites (N-methyl/N-ethyl adjacent to an activating group) is 2. The summed E-state index contributed by atoms with van der Waals surface area (Å²) in [6, 6.07) is 4.40. The van der Waals surface area contributed by atoms with E-state index in [0.717, 1.165) is 12.2 Å². The molecule has 0 bridgehead atoms. The van der Waals surface area contributed by atoms with Crippen molar-refractivity contribution in [3.8, 4) is 0 Å². The Balaban J connectivity index is 1.98. The van der Waals surface area contributed by atoms with Crippen LogP contribution in [0.3, 0.4) is 0 Å². The Morgan fingerprint density at radius 1 is 1.17 bits per heavy atom. The van der Waals surface area contributed by atoms with Crippen molar-refractivity contribution in [3.63, 3.8) is 0 Å². The van der Waals surface area contributed by atoms with Crippen molar-refractivity contribution in [2.75, 3.05) is 39.5 Å². The van der Waals surface area contributed by atoms with Gasteiger partial charge in [0.2, 0.25) is 0 Å². The molecule has 1 fully saturated rings. The zero-order chi connectivity index (χ0) is 12.7. The van der Waals surface area contributed by atoms with E-state index in [0.29, 0.717) is 5.92 Å². The monoisotopic (exact) mass is 245 g/mol. The first-order chi connectivity index (χ1) is 8.63. The Morgan fingerprint density at radius 3 is 2.72 bits per heavy atom. The number of nitrogens with two attached hydrogens (primary N) is 1. The highest BCUT2D eigenvalue weighted by atomic mass is 15.1. The SMILES string of the molecule is CN1CCc2c(cc(N)cc2C2CCN(C)C2)C1. The number of anilines is 1. The topological polar surface area (TPSA) is 32.5 Å². The fraction of sp³-hybridized carbons (Fsp3) is 0.600. The van der Waals surface area contributed by atoms with Gasteiger partial charge in [-0.2, -0.15) is 0 Å². The van der Waals surface area contributed by atoms with Gasteiger partial charge in [-0.15, -0.1) is 0 Å². The van der Waals surface area contributed by atoms with Gasteiger partial charge < -0.3 is 15.5 Å². The molecule has 0 saturated carbocycles. The van der Waals surface area contributed by atoms with Crippen LogP contribution in [0.15, 0.2) is 12.1 Å². The molecule has 18 heavy (non-hydrogen) atoms. The lowest BCUT2D eigenvalue weighted by atomic mass is 9.86. The zero-order valence-electron chi connectivity index (χ0n) is 11.4. The smallest absolute Gasteiger partial charge is 0.0320 e. The van der Waals surface area contributed by atoms with Crippen LogP contribution in [0, 0.1) is 0 Å². The quantitative estimate of drug-likeness (QED) is 0.764. The highest BCUT2D eigenvalue weighted by Gasteiger charge is 2.26. The van der Waals surface area contributed by atoms with Gasteiger partial charge in [-0.1, -0.05) is 0 Å². The molecule has 1 saturated heterocycles. The second kappa shape index (κ2) is 4.56. The van der Waals surface area contributed by atoms with E-state index in [2.05, 4.69) is 36.0 Å². The molecule has 0 spiro atoms. The van der Waals surface area contributed by atoms with Crippen LogP contribution >= 0.6 is 0 Å². The number of hydrogen-bond donors (Lipinski definition) is 1. The minimum absolute atomic E-state index is 0.690. The number of likely N-dealkylation sites (tertiary alicyclic amines) is 1. The zero-order valence-corrected chi connectivity index (χ0v) is 11.4. The lowest BCUT2D eigenvalue weighted by Gasteiger charge is -2.29. The summed E-state index contributed by atoms with van der Waals surface area (Å²) in [5, 5.41) is 0. The van der Waals surface area contributed by atoms with E-state index in [1.54, 1.807) is 5.56 Å². The number of benzene rings is 1. The summed E-state index contributed by atoms with van der Waals surface area (Å²) in [6.45, 7) is 4.63. The second-order valence-corrected chi connectivity index (χ2v) is 5.98. The third kappa shape index (κ3) is 2.13. The van der Waals surface area contributed by atoms with Crippen LogP contribution in [0.5, 0.6) is 0 Å². The van der Waals surface area contributed by atoms with Crippen LogP contribution in [0.25, 0.3) is 0 Å². The van der Waals surface area contributed by atoms with Gasteiger partial charge in [0.05, 0.1) is 0 Å². The van der Waals surface area contributed by atoms with Gasteiger partial charge in [0.15, 0.2) is 0 Å². The summed E-state index contributed by atoms with van der Waals surface area (Å²) in [5.41, 5.74) is 11.6. The predicted molar refractivity (Wildman–Crippen MR) is 75.7 cm³/mol. The molecule has 2 N–H and O–H groups in total.